The fraction of sp³-hybridized carbons (Fsp3) is 0.625. The molecule has 0 saturated heterocycles. The van der Waals surface area contributed by atoms with Crippen LogP contribution in [0.5, 0.6) is 5.75 Å². The Morgan fingerprint density at radius 1 is 1.22 bits per heavy atom. The predicted octanol–water partition coefficient (Wildman–Crippen LogP) is 3.87. The zero-order valence-electron chi connectivity index (χ0n) is 12.6. The van der Waals surface area contributed by atoms with Crippen molar-refractivity contribution in [3.8, 4) is 5.75 Å². The topological polar surface area (TPSA) is 35.2 Å². The van der Waals surface area contributed by atoms with Crippen LogP contribution in [0.1, 0.15) is 51.7 Å². The van der Waals surface area contributed by atoms with Crippen molar-refractivity contribution < 1.29 is 4.74 Å². The van der Waals surface area contributed by atoms with Crippen molar-refractivity contribution in [2.45, 2.75) is 53.5 Å². The van der Waals surface area contributed by atoms with Gasteiger partial charge in [-0.3, -0.25) is 0 Å². The summed E-state index contributed by atoms with van der Waals surface area (Å²) in [5.41, 5.74) is 8.83. The Balaban J connectivity index is 2.67. The van der Waals surface area contributed by atoms with Gasteiger partial charge in [0.25, 0.3) is 0 Å². The maximum atomic E-state index is 6.09. The van der Waals surface area contributed by atoms with Crippen molar-refractivity contribution in [2.75, 3.05) is 6.61 Å². The lowest BCUT2D eigenvalue weighted by atomic mass is 9.88. The molecule has 0 fully saturated rings. The van der Waals surface area contributed by atoms with Crippen LogP contribution in [0.2, 0.25) is 0 Å². The highest BCUT2D eigenvalue weighted by Crippen LogP contribution is 2.24. The number of hydrogen-bond donors (Lipinski definition) is 1. The summed E-state index contributed by atoms with van der Waals surface area (Å²) in [6, 6.07) is 6.34. The summed E-state index contributed by atoms with van der Waals surface area (Å²) in [6.07, 6.45) is 0. The second kappa shape index (κ2) is 5.75. The van der Waals surface area contributed by atoms with Gasteiger partial charge in [0.05, 0.1) is 0 Å². The lowest BCUT2D eigenvalue weighted by Gasteiger charge is -2.27. The highest BCUT2D eigenvalue weighted by Gasteiger charge is 2.21. The van der Waals surface area contributed by atoms with E-state index >= 15 is 0 Å². The number of aryl methyl sites for hydroxylation is 1. The van der Waals surface area contributed by atoms with Gasteiger partial charge in [-0.25, -0.2) is 0 Å². The molecule has 0 aliphatic heterocycles. The summed E-state index contributed by atoms with van der Waals surface area (Å²) in [5, 5.41) is 0. The van der Waals surface area contributed by atoms with Crippen molar-refractivity contribution in [1.29, 1.82) is 0 Å². The number of hydrogen-bond acceptors (Lipinski definition) is 2. The second-order valence-corrected chi connectivity index (χ2v) is 6.46. The first kappa shape index (κ1) is 15.0. The van der Waals surface area contributed by atoms with E-state index < -0.39 is 0 Å². The summed E-state index contributed by atoms with van der Waals surface area (Å²) in [7, 11) is 0. The number of benzene rings is 1. The molecule has 1 aromatic rings. The first-order valence-corrected chi connectivity index (χ1v) is 6.70. The van der Waals surface area contributed by atoms with Gasteiger partial charge in [0.1, 0.15) is 12.4 Å². The summed E-state index contributed by atoms with van der Waals surface area (Å²) in [6.45, 7) is 13.5. The third-order valence-corrected chi connectivity index (χ3v) is 3.41. The Kier molecular flexibility index (Phi) is 4.80. The molecular weight excluding hydrogens is 222 g/mol. The molecule has 102 valence electrons. The average molecular weight is 249 g/mol. The Bertz CT molecular complexity index is 391. The standard InChI is InChI=1S/C16H27NO/c1-11(2)14-8-7-13(9-12(14)3)18-10-15(17)16(4,5)6/h7-9,11,15H,10,17H2,1-6H3. The zero-order chi connectivity index (χ0) is 13.9. The summed E-state index contributed by atoms with van der Waals surface area (Å²) in [5.74, 6) is 1.47. The molecule has 18 heavy (non-hydrogen) atoms. The highest BCUT2D eigenvalue weighted by atomic mass is 16.5. The molecule has 1 unspecified atom stereocenters. The fourth-order valence-electron chi connectivity index (χ4n) is 1.82. The molecule has 0 aliphatic carbocycles. The molecule has 0 saturated carbocycles. The Morgan fingerprint density at radius 3 is 2.28 bits per heavy atom. The highest BCUT2D eigenvalue weighted by molar-refractivity contribution is 5.36. The van der Waals surface area contributed by atoms with E-state index in [1.165, 1.54) is 11.1 Å². The Hall–Kier alpha value is -1.02. The number of rotatable bonds is 4. The van der Waals surface area contributed by atoms with E-state index in [9.17, 15) is 0 Å². The largest absolute Gasteiger partial charge is 0.492 e. The molecule has 0 aromatic heterocycles. The third-order valence-electron chi connectivity index (χ3n) is 3.41. The van der Waals surface area contributed by atoms with Gasteiger partial charge in [-0.2, -0.15) is 0 Å². The fourth-order valence-corrected chi connectivity index (χ4v) is 1.82. The van der Waals surface area contributed by atoms with Gasteiger partial charge in [0.2, 0.25) is 0 Å². The number of nitrogens with two attached hydrogens (primary N) is 1. The van der Waals surface area contributed by atoms with Crippen molar-refractivity contribution in [1.82, 2.24) is 0 Å². The smallest absolute Gasteiger partial charge is 0.119 e. The molecule has 0 heterocycles. The summed E-state index contributed by atoms with van der Waals surface area (Å²) in [4.78, 5) is 0. The first-order valence-electron chi connectivity index (χ1n) is 6.70. The predicted molar refractivity (Wildman–Crippen MR) is 78.2 cm³/mol. The molecule has 1 rings (SSSR count). The van der Waals surface area contributed by atoms with E-state index in [1.54, 1.807) is 0 Å². The van der Waals surface area contributed by atoms with Crippen LogP contribution in [-0.4, -0.2) is 12.6 Å². The van der Waals surface area contributed by atoms with Gasteiger partial charge in [-0.1, -0.05) is 40.7 Å². The number of ether oxygens (including phenoxy) is 1. The van der Waals surface area contributed by atoms with Gasteiger partial charge in [-0.15, -0.1) is 0 Å². The second-order valence-electron chi connectivity index (χ2n) is 6.46. The average Bonchev–Trinajstić information content (AvgIpc) is 2.24. The molecule has 1 aromatic carbocycles. The van der Waals surface area contributed by atoms with Crippen LogP contribution in [-0.2, 0) is 0 Å². The zero-order valence-corrected chi connectivity index (χ0v) is 12.6. The van der Waals surface area contributed by atoms with Gasteiger partial charge >= 0.3 is 0 Å². The van der Waals surface area contributed by atoms with Crippen LogP contribution in [0.15, 0.2) is 18.2 Å². The van der Waals surface area contributed by atoms with E-state index in [-0.39, 0.29) is 11.5 Å². The van der Waals surface area contributed by atoms with E-state index in [1.807, 2.05) is 6.07 Å². The van der Waals surface area contributed by atoms with Crippen LogP contribution in [0.4, 0.5) is 0 Å². The van der Waals surface area contributed by atoms with Crippen LogP contribution in [0.3, 0.4) is 0 Å². The maximum Gasteiger partial charge on any atom is 0.119 e. The van der Waals surface area contributed by atoms with Crippen molar-refractivity contribution in [3.05, 3.63) is 29.3 Å². The van der Waals surface area contributed by atoms with E-state index in [0.29, 0.717) is 12.5 Å². The molecule has 2 N–H and O–H groups in total. The summed E-state index contributed by atoms with van der Waals surface area (Å²) >= 11 is 0. The van der Waals surface area contributed by atoms with Gasteiger partial charge in [0.15, 0.2) is 0 Å². The molecule has 2 nitrogen and oxygen atoms in total. The van der Waals surface area contributed by atoms with Crippen LogP contribution < -0.4 is 10.5 Å². The minimum Gasteiger partial charge on any atom is -0.492 e. The monoisotopic (exact) mass is 249 g/mol. The normalized spacial score (nSPS) is 13.8. The molecule has 2 heteroatoms. The molecular formula is C16H27NO. The molecule has 0 bridgehead atoms. The molecule has 0 radical (unpaired) electrons. The van der Waals surface area contributed by atoms with E-state index in [0.717, 1.165) is 5.75 Å². The first-order chi connectivity index (χ1) is 8.21. The minimum atomic E-state index is 0.0441. The van der Waals surface area contributed by atoms with E-state index in [2.05, 4.69) is 53.7 Å². The third kappa shape index (κ3) is 4.02. The molecule has 1 atom stereocenters. The summed E-state index contributed by atoms with van der Waals surface area (Å²) < 4.78 is 5.78. The van der Waals surface area contributed by atoms with E-state index in [4.69, 9.17) is 10.5 Å². The van der Waals surface area contributed by atoms with Crippen molar-refractivity contribution >= 4 is 0 Å². The van der Waals surface area contributed by atoms with Crippen LogP contribution in [0, 0.1) is 12.3 Å². The Labute approximate surface area is 112 Å². The van der Waals surface area contributed by atoms with Crippen molar-refractivity contribution in [2.24, 2.45) is 11.1 Å². The maximum absolute atomic E-state index is 6.09. The minimum absolute atomic E-state index is 0.0441. The molecule has 0 amide bonds. The van der Waals surface area contributed by atoms with Gasteiger partial charge in [0, 0.05) is 6.04 Å². The quantitative estimate of drug-likeness (QED) is 0.879. The van der Waals surface area contributed by atoms with Gasteiger partial charge < -0.3 is 10.5 Å². The van der Waals surface area contributed by atoms with Crippen LogP contribution >= 0.6 is 0 Å². The van der Waals surface area contributed by atoms with Crippen molar-refractivity contribution in [3.63, 3.8) is 0 Å². The molecule has 0 aliphatic rings. The Morgan fingerprint density at radius 2 is 1.83 bits per heavy atom. The SMILES string of the molecule is Cc1cc(OCC(N)C(C)(C)C)ccc1C(C)C. The van der Waals surface area contributed by atoms with Gasteiger partial charge in [-0.05, 0) is 41.5 Å². The molecule has 0 spiro atoms. The lowest BCUT2D eigenvalue weighted by molar-refractivity contribution is 0.205. The lowest BCUT2D eigenvalue weighted by Crippen LogP contribution is -2.40. The van der Waals surface area contributed by atoms with Crippen LogP contribution in [0.25, 0.3) is 0 Å².